The van der Waals surface area contributed by atoms with Crippen molar-refractivity contribution in [3.05, 3.63) is 29.8 Å². The van der Waals surface area contributed by atoms with Crippen LogP contribution in [0.5, 0.6) is 5.75 Å². The van der Waals surface area contributed by atoms with Gasteiger partial charge in [-0.3, -0.25) is 9.89 Å². The molecule has 7 nitrogen and oxygen atoms in total. The van der Waals surface area contributed by atoms with Gasteiger partial charge in [0.2, 0.25) is 0 Å². The maximum atomic E-state index is 6.00. The first kappa shape index (κ1) is 27.1. The zero-order chi connectivity index (χ0) is 21.7. The third-order valence-corrected chi connectivity index (χ3v) is 5.92. The number of rotatable bonds is 13. The molecule has 182 valence electrons. The summed E-state index contributed by atoms with van der Waals surface area (Å²) in [5.74, 6) is 2.55. The summed E-state index contributed by atoms with van der Waals surface area (Å²) in [5.41, 5.74) is 1.17. The van der Waals surface area contributed by atoms with Crippen LogP contribution in [0, 0.1) is 5.92 Å². The number of likely N-dealkylation sites (N-methyl/N-ethyl adjacent to an activating group) is 1. The van der Waals surface area contributed by atoms with E-state index in [-0.39, 0.29) is 24.0 Å². The third kappa shape index (κ3) is 10.7. The van der Waals surface area contributed by atoms with E-state index in [1.807, 2.05) is 12.1 Å². The van der Waals surface area contributed by atoms with E-state index < -0.39 is 0 Å². The number of hydrogen-bond donors (Lipinski definition) is 2. The number of hydrogen-bond acceptors (Lipinski definition) is 5. The van der Waals surface area contributed by atoms with Gasteiger partial charge in [0.15, 0.2) is 5.96 Å². The van der Waals surface area contributed by atoms with Gasteiger partial charge in [0.25, 0.3) is 0 Å². The first-order chi connectivity index (χ1) is 15.2. The molecule has 3 rings (SSSR count). The Morgan fingerprint density at radius 2 is 1.97 bits per heavy atom. The molecule has 2 N–H and O–H groups in total. The molecule has 0 radical (unpaired) electrons. The van der Waals surface area contributed by atoms with Crippen LogP contribution >= 0.6 is 24.0 Å². The van der Waals surface area contributed by atoms with E-state index in [0.29, 0.717) is 19.2 Å². The Balaban J connectivity index is 0.00000363. The summed E-state index contributed by atoms with van der Waals surface area (Å²) in [6.07, 6.45) is 5.89. The maximum Gasteiger partial charge on any atom is 0.191 e. The van der Waals surface area contributed by atoms with E-state index in [1.165, 1.54) is 18.4 Å². The van der Waals surface area contributed by atoms with Crippen molar-refractivity contribution < 1.29 is 14.2 Å². The molecule has 0 aromatic heterocycles. The van der Waals surface area contributed by atoms with E-state index in [4.69, 9.17) is 14.2 Å². The minimum atomic E-state index is 0. The highest BCUT2D eigenvalue weighted by atomic mass is 127. The highest BCUT2D eigenvalue weighted by molar-refractivity contribution is 14.0. The second-order valence-electron chi connectivity index (χ2n) is 8.54. The Kier molecular flexibility index (Phi) is 13.3. The van der Waals surface area contributed by atoms with Gasteiger partial charge >= 0.3 is 0 Å². The molecule has 1 aliphatic carbocycles. The van der Waals surface area contributed by atoms with Gasteiger partial charge < -0.3 is 24.8 Å². The normalized spacial score (nSPS) is 17.2. The first-order valence-electron chi connectivity index (χ1n) is 11.8. The van der Waals surface area contributed by atoms with Crippen molar-refractivity contribution in [2.75, 3.05) is 60.2 Å². The number of guanidine groups is 1. The number of benzene rings is 1. The van der Waals surface area contributed by atoms with Crippen LogP contribution in [-0.2, 0) is 16.0 Å². The molecule has 0 spiro atoms. The molecule has 32 heavy (non-hydrogen) atoms. The van der Waals surface area contributed by atoms with Gasteiger partial charge in [-0.05, 0) is 62.8 Å². The second-order valence-corrected chi connectivity index (χ2v) is 8.54. The van der Waals surface area contributed by atoms with Gasteiger partial charge in [-0.2, -0.15) is 0 Å². The predicted molar refractivity (Wildman–Crippen MR) is 140 cm³/mol. The Labute approximate surface area is 210 Å². The molecule has 1 heterocycles. The van der Waals surface area contributed by atoms with Crippen LogP contribution in [-0.4, -0.2) is 77.1 Å². The molecule has 0 atom stereocenters. The summed E-state index contributed by atoms with van der Waals surface area (Å²) in [7, 11) is 3.98. The second kappa shape index (κ2) is 15.7. The van der Waals surface area contributed by atoms with Gasteiger partial charge in [0, 0.05) is 59.2 Å². The molecule has 1 aromatic rings. The lowest BCUT2D eigenvalue weighted by Gasteiger charge is -2.31. The quantitative estimate of drug-likeness (QED) is 0.167. The van der Waals surface area contributed by atoms with Crippen LogP contribution in [0.15, 0.2) is 29.3 Å². The molecule has 1 aliphatic heterocycles. The zero-order valence-electron chi connectivity index (χ0n) is 19.7. The van der Waals surface area contributed by atoms with Crippen LogP contribution in [0.4, 0.5) is 0 Å². The number of nitrogens with zero attached hydrogens (tertiary/aromatic N) is 2. The van der Waals surface area contributed by atoms with Gasteiger partial charge in [-0.1, -0.05) is 12.1 Å². The molecule has 8 heteroatoms. The van der Waals surface area contributed by atoms with E-state index in [2.05, 4.69) is 39.7 Å². The molecule has 0 unspecified atom stereocenters. The standard InChI is InChI=1S/C24H40N4O3.HI/c1-25-24(26-11-4-13-30-19-20-7-8-20)27-18-21-5-3-6-23(17-21)31-16-12-28(2)22-9-14-29-15-10-22;/h3,5-6,17,20,22H,4,7-16,18-19H2,1-2H3,(H2,25,26,27);1H. The summed E-state index contributed by atoms with van der Waals surface area (Å²) in [6.45, 7) is 6.66. The summed E-state index contributed by atoms with van der Waals surface area (Å²) in [4.78, 5) is 6.69. The molecule has 1 saturated heterocycles. The maximum absolute atomic E-state index is 6.00. The molecule has 0 amide bonds. The predicted octanol–water partition coefficient (Wildman–Crippen LogP) is 3.28. The van der Waals surface area contributed by atoms with Gasteiger partial charge in [0.05, 0.1) is 0 Å². The minimum Gasteiger partial charge on any atom is -0.492 e. The number of halogens is 1. The van der Waals surface area contributed by atoms with Crippen LogP contribution < -0.4 is 15.4 Å². The Bertz CT molecular complexity index is 666. The topological polar surface area (TPSA) is 67.4 Å². The smallest absolute Gasteiger partial charge is 0.191 e. The largest absolute Gasteiger partial charge is 0.492 e. The summed E-state index contributed by atoms with van der Waals surface area (Å²) in [5, 5.41) is 6.72. The van der Waals surface area contributed by atoms with Gasteiger partial charge in [0.1, 0.15) is 12.4 Å². The summed E-state index contributed by atoms with van der Waals surface area (Å²) >= 11 is 0. The van der Waals surface area contributed by atoms with Crippen molar-refractivity contribution in [3.8, 4) is 5.75 Å². The molecule has 2 aliphatic rings. The first-order valence-corrected chi connectivity index (χ1v) is 11.8. The summed E-state index contributed by atoms with van der Waals surface area (Å²) in [6, 6.07) is 8.87. The molecule has 1 aromatic carbocycles. The Morgan fingerprint density at radius 3 is 2.72 bits per heavy atom. The van der Waals surface area contributed by atoms with Crippen molar-refractivity contribution in [3.63, 3.8) is 0 Å². The molecular weight excluding hydrogens is 519 g/mol. The Morgan fingerprint density at radius 1 is 1.16 bits per heavy atom. The average Bonchev–Trinajstić information content (AvgIpc) is 3.63. The van der Waals surface area contributed by atoms with Crippen molar-refractivity contribution >= 4 is 29.9 Å². The van der Waals surface area contributed by atoms with Gasteiger partial charge in [-0.25, -0.2) is 0 Å². The van der Waals surface area contributed by atoms with E-state index >= 15 is 0 Å². The van der Waals surface area contributed by atoms with Gasteiger partial charge in [-0.15, -0.1) is 24.0 Å². The van der Waals surface area contributed by atoms with Crippen LogP contribution in [0.2, 0.25) is 0 Å². The third-order valence-electron chi connectivity index (χ3n) is 5.92. The molecule has 1 saturated carbocycles. The van der Waals surface area contributed by atoms with E-state index in [9.17, 15) is 0 Å². The average molecular weight is 561 g/mol. The number of nitrogens with one attached hydrogen (secondary N) is 2. The number of aliphatic imine (C=N–C) groups is 1. The highest BCUT2D eigenvalue weighted by Crippen LogP contribution is 2.28. The fourth-order valence-electron chi connectivity index (χ4n) is 3.68. The van der Waals surface area contributed by atoms with Crippen LogP contribution in [0.3, 0.4) is 0 Å². The van der Waals surface area contributed by atoms with Crippen LogP contribution in [0.1, 0.15) is 37.7 Å². The van der Waals surface area contributed by atoms with Crippen molar-refractivity contribution in [2.45, 2.75) is 44.7 Å². The van der Waals surface area contributed by atoms with Crippen molar-refractivity contribution in [2.24, 2.45) is 10.9 Å². The van der Waals surface area contributed by atoms with Crippen molar-refractivity contribution in [1.29, 1.82) is 0 Å². The van der Waals surface area contributed by atoms with Crippen LogP contribution in [0.25, 0.3) is 0 Å². The highest BCUT2D eigenvalue weighted by Gasteiger charge is 2.20. The minimum absolute atomic E-state index is 0. The SMILES string of the molecule is CN=C(NCCCOCC1CC1)NCc1cccc(OCCN(C)C2CCOCC2)c1.I. The van der Waals surface area contributed by atoms with E-state index in [0.717, 1.165) is 76.4 Å². The fourth-order valence-corrected chi connectivity index (χ4v) is 3.68. The lowest BCUT2D eigenvalue weighted by molar-refractivity contribution is 0.0392. The molecule has 0 bridgehead atoms. The Hall–Kier alpha value is -1.10. The zero-order valence-corrected chi connectivity index (χ0v) is 22.0. The lowest BCUT2D eigenvalue weighted by atomic mass is 10.1. The van der Waals surface area contributed by atoms with Crippen molar-refractivity contribution in [1.82, 2.24) is 15.5 Å². The fraction of sp³-hybridized carbons (Fsp3) is 0.708. The number of ether oxygens (including phenoxy) is 3. The monoisotopic (exact) mass is 560 g/mol. The van der Waals surface area contributed by atoms with E-state index in [1.54, 1.807) is 7.05 Å². The summed E-state index contributed by atoms with van der Waals surface area (Å²) < 4.78 is 17.1. The molecular formula is C24H41IN4O3. The lowest BCUT2D eigenvalue weighted by Crippen LogP contribution is -2.38. The molecule has 2 fully saturated rings.